The van der Waals surface area contributed by atoms with Gasteiger partial charge in [-0.1, -0.05) is 0 Å². The molecule has 2 aromatic rings. The number of fused-ring (bicyclic) bond motifs is 1. The molecule has 0 aliphatic carbocycles. The molecule has 2 aliphatic rings. The molecule has 0 bridgehead atoms. The minimum absolute atomic E-state index is 0.138. The second kappa shape index (κ2) is 5.92. The van der Waals surface area contributed by atoms with E-state index in [9.17, 15) is 10.2 Å². The molecule has 3 unspecified atom stereocenters. The van der Waals surface area contributed by atoms with Crippen LogP contribution in [0.2, 0.25) is 0 Å². The van der Waals surface area contributed by atoms with Crippen molar-refractivity contribution in [3.63, 3.8) is 0 Å². The van der Waals surface area contributed by atoms with Gasteiger partial charge in [-0.15, -0.1) is 0 Å². The number of nitrogens with zero attached hydrogens (tertiary/aromatic N) is 3. The molecular formula is C16H19N3O4. The third kappa shape index (κ3) is 2.83. The standard InChI is InChI=1S/C16H19N3O4/c20-13-8-23-14(15(13)21)9-22-11-3-2-10-7-17-16(18-12(10)6-11)19-4-1-5-19/h2-3,6-7,13-15,20-21H,1,4-5,8-9H2. The smallest absolute Gasteiger partial charge is 0.225 e. The molecule has 122 valence electrons. The molecule has 0 radical (unpaired) electrons. The molecule has 7 heteroatoms. The second-order valence-electron chi connectivity index (χ2n) is 5.97. The Bertz CT molecular complexity index is 707. The van der Waals surface area contributed by atoms with E-state index in [2.05, 4.69) is 14.9 Å². The molecule has 2 fully saturated rings. The lowest BCUT2D eigenvalue weighted by Gasteiger charge is -2.30. The Morgan fingerprint density at radius 1 is 1.30 bits per heavy atom. The van der Waals surface area contributed by atoms with E-state index in [-0.39, 0.29) is 13.2 Å². The van der Waals surface area contributed by atoms with Crippen LogP contribution >= 0.6 is 0 Å². The summed E-state index contributed by atoms with van der Waals surface area (Å²) in [6.45, 7) is 2.33. The van der Waals surface area contributed by atoms with Gasteiger partial charge < -0.3 is 24.6 Å². The Hall–Kier alpha value is -1.96. The van der Waals surface area contributed by atoms with Crippen LogP contribution in [0, 0.1) is 0 Å². The maximum Gasteiger partial charge on any atom is 0.225 e. The lowest BCUT2D eigenvalue weighted by atomic mass is 10.1. The van der Waals surface area contributed by atoms with Crippen LogP contribution in [0.5, 0.6) is 5.75 Å². The molecule has 4 rings (SSSR count). The third-order valence-corrected chi connectivity index (χ3v) is 4.35. The van der Waals surface area contributed by atoms with Crippen molar-refractivity contribution in [2.75, 3.05) is 31.2 Å². The predicted molar refractivity (Wildman–Crippen MR) is 83.6 cm³/mol. The Labute approximate surface area is 133 Å². The van der Waals surface area contributed by atoms with Gasteiger partial charge >= 0.3 is 0 Å². The van der Waals surface area contributed by atoms with Gasteiger partial charge in [-0.25, -0.2) is 9.97 Å². The zero-order valence-corrected chi connectivity index (χ0v) is 12.6. The summed E-state index contributed by atoms with van der Waals surface area (Å²) in [6.07, 6.45) is 0.741. The highest BCUT2D eigenvalue weighted by Crippen LogP contribution is 2.23. The number of aliphatic hydroxyl groups excluding tert-OH is 2. The lowest BCUT2D eigenvalue weighted by Crippen LogP contribution is -2.38. The number of ether oxygens (including phenoxy) is 2. The van der Waals surface area contributed by atoms with Crippen LogP contribution in [0.4, 0.5) is 5.95 Å². The molecule has 1 aromatic heterocycles. The Balaban J connectivity index is 1.49. The van der Waals surface area contributed by atoms with Crippen molar-refractivity contribution >= 4 is 16.9 Å². The summed E-state index contributed by atoms with van der Waals surface area (Å²) in [4.78, 5) is 11.1. The summed E-state index contributed by atoms with van der Waals surface area (Å²) >= 11 is 0. The van der Waals surface area contributed by atoms with Crippen molar-refractivity contribution in [3.05, 3.63) is 24.4 Å². The van der Waals surface area contributed by atoms with E-state index in [1.54, 1.807) is 0 Å². The number of benzene rings is 1. The minimum atomic E-state index is -0.907. The Kier molecular flexibility index (Phi) is 3.76. The van der Waals surface area contributed by atoms with E-state index >= 15 is 0 Å². The van der Waals surface area contributed by atoms with Crippen molar-refractivity contribution in [1.82, 2.24) is 9.97 Å². The molecule has 0 saturated carbocycles. The average Bonchev–Trinajstić information content (AvgIpc) is 2.82. The van der Waals surface area contributed by atoms with Gasteiger partial charge in [0.1, 0.15) is 30.7 Å². The fourth-order valence-electron chi connectivity index (χ4n) is 2.74. The van der Waals surface area contributed by atoms with Gasteiger partial charge in [0, 0.05) is 30.7 Å². The van der Waals surface area contributed by atoms with E-state index in [1.807, 2.05) is 24.4 Å². The first-order chi connectivity index (χ1) is 11.2. The zero-order valence-electron chi connectivity index (χ0n) is 12.6. The first-order valence-corrected chi connectivity index (χ1v) is 7.83. The van der Waals surface area contributed by atoms with Crippen molar-refractivity contribution < 1.29 is 19.7 Å². The SMILES string of the molecule is OC1COC(COc2ccc3cnc(N4CCC4)nc3c2)C1O. The van der Waals surface area contributed by atoms with E-state index in [4.69, 9.17) is 9.47 Å². The number of rotatable bonds is 4. The molecule has 1 aromatic carbocycles. The molecule has 0 spiro atoms. The molecule has 3 atom stereocenters. The highest BCUT2D eigenvalue weighted by molar-refractivity contribution is 5.80. The zero-order chi connectivity index (χ0) is 15.8. The van der Waals surface area contributed by atoms with Crippen molar-refractivity contribution in [3.8, 4) is 5.75 Å². The van der Waals surface area contributed by atoms with Gasteiger partial charge in [0.15, 0.2) is 0 Å². The van der Waals surface area contributed by atoms with E-state index in [1.165, 1.54) is 6.42 Å². The molecule has 7 nitrogen and oxygen atoms in total. The summed E-state index contributed by atoms with van der Waals surface area (Å²) in [7, 11) is 0. The van der Waals surface area contributed by atoms with Gasteiger partial charge in [-0.3, -0.25) is 0 Å². The minimum Gasteiger partial charge on any atom is -0.491 e. The number of hydrogen-bond acceptors (Lipinski definition) is 7. The van der Waals surface area contributed by atoms with Gasteiger partial charge in [0.25, 0.3) is 0 Å². The van der Waals surface area contributed by atoms with Crippen molar-refractivity contribution in [2.45, 2.75) is 24.7 Å². The summed E-state index contributed by atoms with van der Waals surface area (Å²) in [6, 6.07) is 5.61. The highest BCUT2D eigenvalue weighted by atomic mass is 16.6. The van der Waals surface area contributed by atoms with Gasteiger partial charge in [0.05, 0.1) is 12.1 Å². The predicted octanol–water partition coefficient (Wildman–Crippen LogP) is 0.339. The monoisotopic (exact) mass is 317 g/mol. The Morgan fingerprint density at radius 3 is 2.87 bits per heavy atom. The molecular weight excluding hydrogens is 298 g/mol. The lowest BCUT2D eigenvalue weighted by molar-refractivity contribution is -0.0000676. The number of aliphatic hydroxyl groups is 2. The molecule has 2 aliphatic heterocycles. The van der Waals surface area contributed by atoms with Gasteiger partial charge in [0.2, 0.25) is 5.95 Å². The summed E-state index contributed by atoms with van der Waals surface area (Å²) in [5, 5.41) is 20.2. The summed E-state index contributed by atoms with van der Waals surface area (Å²) < 4.78 is 11.0. The van der Waals surface area contributed by atoms with E-state index < -0.39 is 18.3 Å². The molecule has 2 saturated heterocycles. The van der Waals surface area contributed by atoms with Crippen molar-refractivity contribution in [1.29, 1.82) is 0 Å². The third-order valence-electron chi connectivity index (χ3n) is 4.35. The number of hydrogen-bond donors (Lipinski definition) is 2. The maximum absolute atomic E-state index is 9.76. The van der Waals surface area contributed by atoms with Gasteiger partial charge in [-0.05, 0) is 18.6 Å². The summed E-state index contributed by atoms with van der Waals surface area (Å²) in [5.74, 6) is 1.40. The van der Waals surface area contributed by atoms with Crippen LogP contribution in [0.3, 0.4) is 0 Å². The van der Waals surface area contributed by atoms with Crippen LogP contribution in [0.1, 0.15) is 6.42 Å². The first kappa shape index (κ1) is 14.6. The van der Waals surface area contributed by atoms with Crippen LogP contribution < -0.4 is 9.64 Å². The average molecular weight is 317 g/mol. The second-order valence-corrected chi connectivity index (χ2v) is 5.97. The molecule has 0 amide bonds. The highest BCUT2D eigenvalue weighted by Gasteiger charge is 2.34. The molecule has 2 N–H and O–H groups in total. The quantitative estimate of drug-likeness (QED) is 0.840. The van der Waals surface area contributed by atoms with E-state index in [0.717, 1.165) is 29.9 Å². The van der Waals surface area contributed by atoms with Crippen LogP contribution in [-0.4, -0.2) is 64.8 Å². The van der Waals surface area contributed by atoms with E-state index in [0.29, 0.717) is 5.75 Å². The number of anilines is 1. The fourth-order valence-corrected chi connectivity index (χ4v) is 2.74. The number of aromatic nitrogens is 2. The normalized spacial score (nSPS) is 27.2. The fraction of sp³-hybridized carbons (Fsp3) is 0.500. The molecule has 3 heterocycles. The van der Waals surface area contributed by atoms with Crippen LogP contribution in [-0.2, 0) is 4.74 Å². The first-order valence-electron chi connectivity index (χ1n) is 7.83. The molecule has 23 heavy (non-hydrogen) atoms. The van der Waals surface area contributed by atoms with Crippen molar-refractivity contribution in [2.24, 2.45) is 0 Å². The van der Waals surface area contributed by atoms with Crippen LogP contribution in [0.25, 0.3) is 10.9 Å². The largest absolute Gasteiger partial charge is 0.491 e. The maximum atomic E-state index is 9.76. The summed E-state index contributed by atoms with van der Waals surface area (Å²) in [5.41, 5.74) is 0.826. The topological polar surface area (TPSA) is 87.9 Å². The Morgan fingerprint density at radius 2 is 2.17 bits per heavy atom. The van der Waals surface area contributed by atoms with Crippen LogP contribution in [0.15, 0.2) is 24.4 Å². The van der Waals surface area contributed by atoms with Gasteiger partial charge in [-0.2, -0.15) is 0 Å².